The summed E-state index contributed by atoms with van der Waals surface area (Å²) in [6, 6.07) is 1.83. The highest BCUT2D eigenvalue weighted by atomic mass is 16.5. The summed E-state index contributed by atoms with van der Waals surface area (Å²) in [5.41, 5.74) is 0.793. The van der Waals surface area contributed by atoms with Crippen LogP contribution in [0.3, 0.4) is 0 Å². The molecule has 0 spiro atoms. The van der Waals surface area contributed by atoms with Crippen molar-refractivity contribution >= 4 is 5.91 Å². The van der Waals surface area contributed by atoms with E-state index in [1.54, 1.807) is 11.9 Å². The molecule has 4 heteroatoms. The summed E-state index contributed by atoms with van der Waals surface area (Å²) in [5, 5.41) is 3.80. The number of aromatic nitrogens is 1. The normalized spacial score (nSPS) is 10.1. The molecule has 1 rings (SSSR count). The summed E-state index contributed by atoms with van der Waals surface area (Å²) < 4.78 is 4.89. The van der Waals surface area contributed by atoms with Gasteiger partial charge in [-0.3, -0.25) is 4.79 Å². The van der Waals surface area contributed by atoms with E-state index in [4.69, 9.17) is 4.52 Å². The van der Waals surface area contributed by atoms with Crippen LogP contribution >= 0.6 is 0 Å². The van der Waals surface area contributed by atoms with E-state index in [0.717, 1.165) is 11.5 Å². The van der Waals surface area contributed by atoms with Crippen LogP contribution in [-0.4, -0.2) is 23.0 Å². The minimum atomic E-state index is 0.112. The third kappa shape index (κ3) is 2.57. The smallest absolute Gasteiger partial charge is 0.222 e. The van der Waals surface area contributed by atoms with Gasteiger partial charge in [0.25, 0.3) is 0 Å². The maximum Gasteiger partial charge on any atom is 0.222 e. The number of aryl methyl sites for hydroxylation is 1. The van der Waals surface area contributed by atoms with Crippen molar-refractivity contribution in [2.24, 2.45) is 0 Å². The number of nitrogens with zero attached hydrogens (tertiary/aromatic N) is 2. The van der Waals surface area contributed by atoms with Gasteiger partial charge in [0, 0.05) is 19.5 Å². The lowest BCUT2D eigenvalue weighted by Crippen LogP contribution is -2.25. The van der Waals surface area contributed by atoms with Crippen molar-refractivity contribution in [1.82, 2.24) is 10.1 Å². The van der Waals surface area contributed by atoms with Crippen molar-refractivity contribution in [3.8, 4) is 0 Å². The number of rotatable bonds is 3. The second kappa shape index (κ2) is 4.07. The zero-order valence-electron chi connectivity index (χ0n) is 8.20. The van der Waals surface area contributed by atoms with Crippen LogP contribution in [0.4, 0.5) is 0 Å². The van der Waals surface area contributed by atoms with Crippen LogP contribution in [0.1, 0.15) is 24.8 Å². The van der Waals surface area contributed by atoms with Gasteiger partial charge in [0.05, 0.1) is 6.54 Å². The van der Waals surface area contributed by atoms with E-state index in [0.29, 0.717) is 13.0 Å². The molecule has 72 valence electrons. The molecule has 0 unspecified atom stereocenters. The Hall–Kier alpha value is -1.32. The Kier molecular flexibility index (Phi) is 3.06. The second-order valence-electron chi connectivity index (χ2n) is 3.03. The van der Waals surface area contributed by atoms with Gasteiger partial charge < -0.3 is 9.42 Å². The maximum absolute atomic E-state index is 11.2. The van der Waals surface area contributed by atoms with E-state index >= 15 is 0 Å². The lowest BCUT2D eigenvalue weighted by atomic mass is 10.3. The third-order valence-corrected chi connectivity index (χ3v) is 1.80. The molecule has 0 fully saturated rings. The molecule has 1 aromatic heterocycles. The Morgan fingerprint density at radius 2 is 2.38 bits per heavy atom. The average Bonchev–Trinajstić information content (AvgIpc) is 2.49. The molecule has 0 atom stereocenters. The summed E-state index contributed by atoms with van der Waals surface area (Å²) in [4.78, 5) is 12.8. The van der Waals surface area contributed by atoms with E-state index in [1.165, 1.54) is 0 Å². The molecule has 0 saturated carbocycles. The molecule has 0 bridgehead atoms. The van der Waals surface area contributed by atoms with Gasteiger partial charge in [0.2, 0.25) is 5.91 Å². The van der Waals surface area contributed by atoms with Crippen LogP contribution in [0.5, 0.6) is 0 Å². The molecular formula is C9H14N2O2. The Bertz CT molecular complexity index is 294. The summed E-state index contributed by atoms with van der Waals surface area (Å²) in [6.45, 7) is 4.19. The first-order valence-electron chi connectivity index (χ1n) is 4.29. The maximum atomic E-state index is 11.2. The van der Waals surface area contributed by atoms with Gasteiger partial charge in [-0.2, -0.15) is 0 Å². The molecule has 0 N–H and O–H groups in total. The van der Waals surface area contributed by atoms with E-state index in [-0.39, 0.29) is 5.91 Å². The standard InChI is InChI=1S/C9H14N2O2/c1-4-9(12)11(3)6-8-5-7(2)13-10-8/h5H,4,6H2,1-3H3. The molecule has 4 nitrogen and oxygen atoms in total. The van der Waals surface area contributed by atoms with Gasteiger partial charge in [0.1, 0.15) is 11.5 Å². The summed E-state index contributed by atoms with van der Waals surface area (Å²) in [7, 11) is 1.76. The van der Waals surface area contributed by atoms with Crippen molar-refractivity contribution in [3.63, 3.8) is 0 Å². The molecule has 1 heterocycles. The largest absolute Gasteiger partial charge is 0.361 e. The lowest BCUT2D eigenvalue weighted by Gasteiger charge is -2.13. The van der Waals surface area contributed by atoms with Gasteiger partial charge in [-0.05, 0) is 6.92 Å². The van der Waals surface area contributed by atoms with Crippen LogP contribution in [-0.2, 0) is 11.3 Å². The molecule has 0 aromatic carbocycles. The zero-order chi connectivity index (χ0) is 9.84. The zero-order valence-corrected chi connectivity index (χ0v) is 8.20. The molecular weight excluding hydrogens is 168 g/mol. The Labute approximate surface area is 77.5 Å². The molecule has 0 aliphatic heterocycles. The summed E-state index contributed by atoms with van der Waals surface area (Å²) in [6.07, 6.45) is 0.521. The molecule has 1 amide bonds. The highest BCUT2D eigenvalue weighted by molar-refractivity contribution is 5.75. The van der Waals surface area contributed by atoms with E-state index < -0.39 is 0 Å². The fourth-order valence-corrected chi connectivity index (χ4v) is 1.09. The van der Waals surface area contributed by atoms with Crippen LogP contribution in [0.15, 0.2) is 10.6 Å². The molecule has 0 aliphatic carbocycles. The number of amides is 1. The molecule has 1 aromatic rings. The average molecular weight is 182 g/mol. The van der Waals surface area contributed by atoms with Crippen molar-refractivity contribution < 1.29 is 9.32 Å². The van der Waals surface area contributed by atoms with Crippen molar-refractivity contribution in [1.29, 1.82) is 0 Å². The topological polar surface area (TPSA) is 46.3 Å². The van der Waals surface area contributed by atoms with Gasteiger partial charge in [-0.25, -0.2) is 0 Å². The molecule has 0 aliphatic rings. The van der Waals surface area contributed by atoms with Gasteiger partial charge >= 0.3 is 0 Å². The number of carbonyl (C=O) groups is 1. The van der Waals surface area contributed by atoms with E-state index in [1.807, 2.05) is 19.9 Å². The van der Waals surface area contributed by atoms with Crippen molar-refractivity contribution in [3.05, 3.63) is 17.5 Å². The second-order valence-corrected chi connectivity index (χ2v) is 3.03. The highest BCUT2D eigenvalue weighted by Crippen LogP contribution is 2.04. The first-order valence-corrected chi connectivity index (χ1v) is 4.29. The third-order valence-electron chi connectivity index (χ3n) is 1.80. The predicted octanol–water partition coefficient (Wildman–Crippen LogP) is 1.35. The lowest BCUT2D eigenvalue weighted by molar-refractivity contribution is -0.130. The Morgan fingerprint density at radius 1 is 1.69 bits per heavy atom. The highest BCUT2D eigenvalue weighted by Gasteiger charge is 2.08. The monoisotopic (exact) mass is 182 g/mol. The SMILES string of the molecule is CCC(=O)N(C)Cc1cc(C)on1. The molecule has 0 radical (unpaired) electrons. The van der Waals surface area contributed by atoms with Crippen LogP contribution in [0, 0.1) is 6.92 Å². The summed E-state index contributed by atoms with van der Waals surface area (Å²) >= 11 is 0. The quantitative estimate of drug-likeness (QED) is 0.708. The molecule has 13 heavy (non-hydrogen) atoms. The van der Waals surface area contributed by atoms with E-state index in [2.05, 4.69) is 5.16 Å². The summed E-state index contributed by atoms with van der Waals surface area (Å²) in [5.74, 6) is 0.882. The van der Waals surface area contributed by atoms with Crippen LogP contribution in [0.2, 0.25) is 0 Å². The Morgan fingerprint density at radius 3 is 2.85 bits per heavy atom. The minimum Gasteiger partial charge on any atom is -0.361 e. The van der Waals surface area contributed by atoms with Crippen LogP contribution in [0.25, 0.3) is 0 Å². The van der Waals surface area contributed by atoms with Gasteiger partial charge in [-0.15, -0.1) is 0 Å². The van der Waals surface area contributed by atoms with Crippen molar-refractivity contribution in [2.75, 3.05) is 7.05 Å². The van der Waals surface area contributed by atoms with E-state index in [9.17, 15) is 4.79 Å². The Balaban J connectivity index is 2.54. The number of hydrogen-bond donors (Lipinski definition) is 0. The van der Waals surface area contributed by atoms with Crippen LogP contribution < -0.4 is 0 Å². The molecule has 0 saturated heterocycles. The minimum absolute atomic E-state index is 0.112. The first kappa shape index (κ1) is 9.77. The van der Waals surface area contributed by atoms with Crippen molar-refractivity contribution in [2.45, 2.75) is 26.8 Å². The predicted molar refractivity (Wildman–Crippen MR) is 48.0 cm³/mol. The van der Waals surface area contributed by atoms with Gasteiger partial charge in [0.15, 0.2) is 0 Å². The van der Waals surface area contributed by atoms with Gasteiger partial charge in [-0.1, -0.05) is 12.1 Å². The number of hydrogen-bond acceptors (Lipinski definition) is 3. The number of carbonyl (C=O) groups excluding carboxylic acids is 1. The first-order chi connectivity index (χ1) is 6.13. The fraction of sp³-hybridized carbons (Fsp3) is 0.556. The fourth-order valence-electron chi connectivity index (χ4n) is 1.09.